The van der Waals surface area contributed by atoms with Gasteiger partial charge in [-0.05, 0) is 41.5 Å². The van der Waals surface area contributed by atoms with Crippen LogP contribution < -0.4 is 23.2 Å². The SMILES string of the molecule is CC(C)(C)N(N)/C=C(\N)CN(C/C(N)=C/N(N)C(C)(C)C)Cc1cn(CC(=O)O)nn1. The minimum atomic E-state index is -0.997. The first-order chi connectivity index (χ1) is 14.1. The van der Waals surface area contributed by atoms with Crippen LogP contribution in [0.3, 0.4) is 0 Å². The zero-order valence-corrected chi connectivity index (χ0v) is 19.4. The first-order valence-electron chi connectivity index (χ1n) is 9.91. The molecule has 1 rings (SSSR count). The molecule has 1 aromatic heterocycles. The second kappa shape index (κ2) is 10.5. The van der Waals surface area contributed by atoms with Crippen LogP contribution in [0.5, 0.6) is 0 Å². The molecule has 0 aliphatic heterocycles. The number of aromatic nitrogens is 3. The molecule has 0 aliphatic rings. The minimum Gasteiger partial charge on any atom is -0.480 e. The van der Waals surface area contributed by atoms with E-state index < -0.39 is 5.97 Å². The molecule has 0 fully saturated rings. The van der Waals surface area contributed by atoms with Crippen LogP contribution in [-0.4, -0.2) is 65.2 Å². The Balaban J connectivity index is 3.03. The molecule has 0 atom stereocenters. The van der Waals surface area contributed by atoms with Gasteiger partial charge < -0.3 is 26.6 Å². The third kappa shape index (κ3) is 9.68. The van der Waals surface area contributed by atoms with Crippen LogP contribution in [0, 0.1) is 0 Å². The van der Waals surface area contributed by atoms with Crippen molar-refractivity contribution in [3.8, 4) is 0 Å². The molecule has 0 aliphatic carbocycles. The van der Waals surface area contributed by atoms with Gasteiger partial charge in [0.05, 0.1) is 11.9 Å². The number of hydrogen-bond acceptors (Lipinski definition) is 10. The molecular formula is C19H38N10O2. The lowest BCUT2D eigenvalue weighted by molar-refractivity contribution is -0.137. The highest BCUT2D eigenvalue weighted by Crippen LogP contribution is 2.12. The van der Waals surface area contributed by atoms with Crippen molar-refractivity contribution in [1.29, 1.82) is 0 Å². The van der Waals surface area contributed by atoms with E-state index in [0.717, 1.165) is 0 Å². The number of hydrogen-bond donors (Lipinski definition) is 5. The monoisotopic (exact) mass is 438 g/mol. The predicted octanol–water partition coefficient (Wildman–Crippen LogP) is -0.287. The molecular weight excluding hydrogens is 400 g/mol. The quantitative estimate of drug-likeness (QED) is 0.239. The Morgan fingerprint density at radius 3 is 1.87 bits per heavy atom. The molecule has 0 amide bonds. The summed E-state index contributed by atoms with van der Waals surface area (Å²) in [5.41, 5.74) is 13.5. The highest BCUT2D eigenvalue weighted by molar-refractivity contribution is 5.66. The lowest BCUT2D eigenvalue weighted by Gasteiger charge is -2.32. The van der Waals surface area contributed by atoms with Crippen molar-refractivity contribution in [3.05, 3.63) is 35.7 Å². The first-order valence-corrected chi connectivity index (χ1v) is 9.91. The fourth-order valence-electron chi connectivity index (χ4n) is 2.37. The van der Waals surface area contributed by atoms with Gasteiger partial charge in [-0.15, -0.1) is 5.10 Å². The van der Waals surface area contributed by atoms with E-state index >= 15 is 0 Å². The topological polar surface area (TPSA) is 182 Å². The Hall–Kier alpha value is -2.83. The molecule has 1 heterocycles. The van der Waals surface area contributed by atoms with Gasteiger partial charge in [0, 0.05) is 54.5 Å². The van der Waals surface area contributed by atoms with Crippen LogP contribution in [0.15, 0.2) is 30.0 Å². The van der Waals surface area contributed by atoms with E-state index in [-0.39, 0.29) is 17.6 Å². The van der Waals surface area contributed by atoms with E-state index in [1.165, 1.54) is 4.68 Å². The summed E-state index contributed by atoms with van der Waals surface area (Å²) in [7, 11) is 0. The van der Waals surface area contributed by atoms with Crippen LogP contribution >= 0.6 is 0 Å². The van der Waals surface area contributed by atoms with Crippen LogP contribution in [0.2, 0.25) is 0 Å². The summed E-state index contributed by atoms with van der Waals surface area (Å²) in [4.78, 5) is 12.8. The standard InChI is InChI=1S/C19H38N10O2/c1-18(2,3)28(22)9-14(20)7-26(8-15(21)10-29(23)19(4,5)6)11-16-12-27(25-24-16)13-17(30)31/h9-10,12H,7-8,11,13,20-23H2,1-6H3,(H,30,31)/b14-9-,15-10-. The summed E-state index contributed by atoms with van der Waals surface area (Å²) in [6, 6.07) is 0. The van der Waals surface area contributed by atoms with Crippen molar-refractivity contribution in [2.45, 2.75) is 65.7 Å². The maximum atomic E-state index is 10.9. The third-order valence-electron chi connectivity index (χ3n) is 4.24. The van der Waals surface area contributed by atoms with Gasteiger partial charge in [-0.1, -0.05) is 5.21 Å². The Bertz CT molecular complexity index is 750. The first kappa shape index (κ1) is 26.2. The number of aliphatic carboxylic acids is 1. The Morgan fingerprint density at radius 2 is 1.48 bits per heavy atom. The Kier molecular flexibility index (Phi) is 8.85. The number of nitrogens with zero attached hydrogens (tertiary/aromatic N) is 6. The fraction of sp³-hybridized carbons (Fsp3) is 0.632. The van der Waals surface area contributed by atoms with E-state index in [2.05, 4.69) is 10.3 Å². The van der Waals surface area contributed by atoms with E-state index in [0.29, 0.717) is 36.7 Å². The number of hydrazine groups is 2. The summed E-state index contributed by atoms with van der Waals surface area (Å²) < 4.78 is 1.26. The third-order valence-corrected chi connectivity index (χ3v) is 4.24. The van der Waals surface area contributed by atoms with Crippen LogP contribution in [-0.2, 0) is 17.9 Å². The van der Waals surface area contributed by atoms with Crippen molar-refractivity contribution in [3.63, 3.8) is 0 Å². The smallest absolute Gasteiger partial charge is 0.325 e. The summed E-state index contributed by atoms with van der Waals surface area (Å²) in [5.74, 6) is 11.1. The molecule has 9 N–H and O–H groups in total. The number of carboxylic acid groups (broad SMARTS) is 1. The van der Waals surface area contributed by atoms with Gasteiger partial charge in [-0.3, -0.25) is 9.69 Å². The Morgan fingerprint density at radius 1 is 1.03 bits per heavy atom. The van der Waals surface area contributed by atoms with Crippen molar-refractivity contribution in [2.24, 2.45) is 23.2 Å². The molecule has 0 unspecified atom stereocenters. The second-order valence-electron chi connectivity index (χ2n) is 9.51. The number of nitrogens with two attached hydrogens (primary N) is 4. The molecule has 0 saturated carbocycles. The molecule has 176 valence electrons. The molecule has 0 saturated heterocycles. The van der Waals surface area contributed by atoms with Crippen LogP contribution in [0.1, 0.15) is 47.2 Å². The van der Waals surface area contributed by atoms with E-state index in [4.69, 9.17) is 28.3 Å². The predicted molar refractivity (Wildman–Crippen MR) is 119 cm³/mol. The Labute approximate surface area is 184 Å². The lowest BCUT2D eigenvalue weighted by atomic mass is 10.1. The maximum Gasteiger partial charge on any atom is 0.325 e. The van der Waals surface area contributed by atoms with E-state index in [1.807, 2.05) is 46.4 Å². The average molecular weight is 439 g/mol. The molecule has 31 heavy (non-hydrogen) atoms. The molecule has 0 bridgehead atoms. The van der Waals surface area contributed by atoms with Crippen molar-refractivity contribution >= 4 is 5.97 Å². The molecule has 0 aromatic carbocycles. The van der Waals surface area contributed by atoms with Gasteiger partial charge >= 0.3 is 5.97 Å². The summed E-state index contributed by atoms with van der Waals surface area (Å²) in [6.45, 7) is 12.6. The molecule has 12 nitrogen and oxygen atoms in total. The maximum absolute atomic E-state index is 10.9. The second-order valence-corrected chi connectivity index (χ2v) is 9.51. The van der Waals surface area contributed by atoms with Crippen LogP contribution in [0.25, 0.3) is 0 Å². The number of rotatable bonds is 10. The lowest BCUT2D eigenvalue weighted by Crippen LogP contribution is -2.44. The minimum absolute atomic E-state index is 0.265. The molecule has 0 radical (unpaired) electrons. The van der Waals surface area contributed by atoms with E-state index in [9.17, 15) is 4.79 Å². The normalized spacial score (nSPS) is 13.6. The van der Waals surface area contributed by atoms with Crippen LogP contribution in [0.4, 0.5) is 0 Å². The van der Waals surface area contributed by atoms with Crippen molar-refractivity contribution < 1.29 is 9.90 Å². The van der Waals surface area contributed by atoms with E-state index in [1.54, 1.807) is 28.6 Å². The molecule has 0 spiro atoms. The van der Waals surface area contributed by atoms with Gasteiger partial charge in [0.1, 0.15) is 6.54 Å². The number of carbonyl (C=O) groups is 1. The summed E-state index contributed by atoms with van der Waals surface area (Å²) in [6.07, 6.45) is 4.94. The molecule has 1 aromatic rings. The van der Waals surface area contributed by atoms with Gasteiger partial charge in [0.2, 0.25) is 0 Å². The highest BCUT2D eigenvalue weighted by Gasteiger charge is 2.18. The fourth-order valence-corrected chi connectivity index (χ4v) is 2.37. The summed E-state index contributed by atoms with van der Waals surface area (Å²) >= 11 is 0. The largest absolute Gasteiger partial charge is 0.480 e. The van der Waals surface area contributed by atoms with Gasteiger partial charge in [0.15, 0.2) is 0 Å². The van der Waals surface area contributed by atoms with Crippen molar-refractivity contribution in [1.82, 2.24) is 29.9 Å². The number of carboxylic acids is 1. The van der Waals surface area contributed by atoms with Gasteiger partial charge in [0.25, 0.3) is 0 Å². The highest BCUT2D eigenvalue weighted by atomic mass is 16.4. The zero-order valence-electron chi connectivity index (χ0n) is 19.4. The summed E-state index contributed by atoms with van der Waals surface area (Å²) in [5, 5.41) is 19.9. The van der Waals surface area contributed by atoms with Gasteiger partial charge in [-0.2, -0.15) is 0 Å². The molecule has 12 heteroatoms. The van der Waals surface area contributed by atoms with Gasteiger partial charge in [-0.25, -0.2) is 16.4 Å². The average Bonchev–Trinajstić information content (AvgIpc) is 2.98. The zero-order chi connectivity index (χ0) is 24.0. The van der Waals surface area contributed by atoms with Crippen molar-refractivity contribution in [2.75, 3.05) is 13.1 Å².